The van der Waals surface area contributed by atoms with Crippen molar-refractivity contribution >= 4 is 29.6 Å². The van der Waals surface area contributed by atoms with Crippen molar-refractivity contribution in [3.05, 3.63) is 65.7 Å². The molecule has 0 unspecified atom stereocenters. The van der Waals surface area contributed by atoms with E-state index in [-0.39, 0.29) is 30.9 Å². The van der Waals surface area contributed by atoms with Crippen molar-refractivity contribution in [2.45, 2.75) is 82.6 Å². The number of unbranched alkanes of at least 4 members (excludes halogenated alkanes) is 1. The van der Waals surface area contributed by atoms with Gasteiger partial charge in [-0.05, 0) is 55.0 Å². The molecular weight excluding hydrogens is 608 g/mol. The smallest absolute Gasteiger partial charge is 0.326 e. The van der Waals surface area contributed by atoms with Gasteiger partial charge in [0.2, 0.25) is 23.6 Å². The van der Waals surface area contributed by atoms with Crippen LogP contribution in [0.25, 0.3) is 0 Å². The average molecular weight is 657 g/mol. The van der Waals surface area contributed by atoms with Gasteiger partial charge < -0.3 is 48.1 Å². The summed E-state index contributed by atoms with van der Waals surface area (Å²) in [6.07, 6.45) is 1.76. The summed E-state index contributed by atoms with van der Waals surface area (Å²) in [5, 5.41) is 39.5. The van der Waals surface area contributed by atoms with Crippen molar-refractivity contribution in [1.29, 1.82) is 0 Å². The number of nitrogens with two attached hydrogens (primary N) is 2. The molecule has 14 heteroatoms. The second-order valence-corrected chi connectivity index (χ2v) is 11.8. The zero-order valence-electron chi connectivity index (χ0n) is 26.9. The van der Waals surface area contributed by atoms with Crippen LogP contribution < -0.4 is 32.7 Å². The molecule has 0 aliphatic rings. The van der Waals surface area contributed by atoms with Gasteiger partial charge in [-0.25, -0.2) is 4.79 Å². The predicted molar refractivity (Wildman–Crippen MR) is 175 cm³/mol. The molecule has 0 bridgehead atoms. The minimum absolute atomic E-state index is 0.00691. The van der Waals surface area contributed by atoms with Crippen LogP contribution in [-0.2, 0) is 36.8 Å². The fourth-order valence-electron chi connectivity index (χ4n) is 4.76. The summed E-state index contributed by atoms with van der Waals surface area (Å²) in [6.45, 7) is 3.23. The standard InChI is InChI=1S/C33H48N6O8/c1-20(2)16-25(30(43)38-27(33(46)47)18-21-8-4-3-5-9-21)37-32(45)28(19-40)39-31(44)26(17-22-11-13-23(41)14-12-22)36-29(42)24(35)10-6-7-15-34/h3-5,8-9,11-14,20,24-28,40-41H,6-7,10,15-19,34-35H2,1-2H3,(H,36,42)(H,37,45)(H,38,43)(H,39,44)(H,46,47)/t24-,25-,26-,27-,28-/m1/s1. The highest BCUT2D eigenvalue weighted by Crippen LogP contribution is 2.13. The number of carboxylic acids is 1. The number of aromatic hydroxyl groups is 1. The molecule has 0 saturated heterocycles. The number of amides is 4. The summed E-state index contributed by atoms with van der Waals surface area (Å²) in [7, 11) is 0. The average Bonchev–Trinajstić information content (AvgIpc) is 3.03. The predicted octanol–water partition coefficient (Wildman–Crippen LogP) is -0.304. The van der Waals surface area contributed by atoms with Gasteiger partial charge in [-0.2, -0.15) is 0 Å². The van der Waals surface area contributed by atoms with Crippen molar-refractivity contribution in [2.24, 2.45) is 17.4 Å². The number of nitrogens with one attached hydrogen (secondary N) is 4. The molecule has 0 saturated carbocycles. The van der Waals surface area contributed by atoms with Gasteiger partial charge in [0.1, 0.15) is 29.9 Å². The summed E-state index contributed by atoms with van der Waals surface area (Å²) in [4.78, 5) is 64.8. The van der Waals surface area contributed by atoms with E-state index >= 15 is 0 Å². The molecule has 4 amide bonds. The molecule has 258 valence electrons. The largest absolute Gasteiger partial charge is 0.508 e. The fourth-order valence-corrected chi connectivity index (χ4v) is 4.76. The Hall–Kier alpha value is -4.53. The van der Waals surface area contributed by atoms with E-state index in [2.05, 4.69) is 21.3 Å². The molecule has 0 radical (unpaired) electrons. The number of carbonyl (C=O) groups is 5. The van der Waals surface area contributed by atoms with Crippen LogP contribution in [0.2, 0.25) is 0 Å². The summed E-state index contributed by atoms with van der Waals surface area (Å²) in [5.41, 5.74) is 12.8. The SMILES string of the molecule is CC(C)C[C@@H](NC(=O)[C@@H](CO)NC(=O)[C@@H](Cc1ccc(O)cc1)NC(=O)[C@H](N)CCCCN)C(=O)N[C@H](Cc1ccccc1)C(=O)O. The first-order chi connectivity index (χ1) is 22.3. The Morgan fingerprint density at radius 3 is 1.79 bits per heavy atom. The third-order valence-electron chi connectivity index (χ3n) is 7.37. The van der Waals surface area contributed by atoms with Gasteiger partial charge in [-0.1, -0.05) is 62.7 Å². The molecule has 5 atom stereocenters. The molecule has 2 aromatic carbocycles. The first kappa shape index (κ1) is 38.7. The van der Waals surface area contributed by atoms with E-state index in [9.17, 15) is 39.3 Å². The number of carbonyl (C=O) groups excluding carboxylic acids is 4. The van der Waals surface area contributed by atoms with Crippen molar-refractivity contribution in [3.8, 4) is 5.75 Å². The van der Waals surface area contributed by atoms with Crippen molar-refractivity contribution in [1.82, 2.24) is 21.3 Å². The number of aliphatic hydroxyl groups is 1. The molecule has 0 spiro atoms. The molecule has 0 heterocycles. The highest BCUT2D eigenvalue weighted by molar-refractivity contribution is 5.95. The third-order valence-corrected chi connectivity index (χ3v) is 7.37. The summed E-state index contributed by atoms with van der Waals surface area (Å²) < 4.78 is 0. The van der Waals surface area contributed by atoms with E-state index in [4.69, 9.17) is 11.5 Å². The fraction of sp³-hybridized carbons (Fsp3) is 0.485. The number of benzene rings is 2. The zero-order chi connectivity index (χ0) is 34.9. The first-order valence-electron chi connectivity index (χ1n) is 15.7. The number of carboxylic acid groups (broad SMARTS) is 1. The maximum Gasteiger partial charge on any atom is 0.326 e. The third kappa shape index (κ3) is 13.8. The molecule has 2 aromatic rings. The Kier molecular flexibility index (Phi) is 16.3. The highest BCUT2D eigenvalue weighted by Gasteiger charge is 2.32. The highest BCUT2D eigenvalue weighted by atomic mass is 16.4. The van der Waals surface area contributed by atoms with Gasteiger partial charge >= 0.3 is 5.97 Å². The quantitative estimate of drug-likeness (QED) is 0.0842. The van der Waals surface area contributed by atoms with Crippen LogP contribution in [0.1, 0.15) is 50.7 Å². The molecule has 2 rings (SSSR count). The van der Waals surface area contributed by atoms with Crippen molar-refractivity contribution < 1.29 is 39.3 Å². The van der Waals surface area contributed by atoms with E-state index < -0.39 is 66.4 Å². The molecule has 0 aliphatic carbocycles. The maximum absolute atomic E-state index is 13.4. The zero-order valence-corrected chi connectivity index (χ0v) is 26.9. The van der Waals surface area contributed by atoms with Crippen LogP contribution in [0.3, 0.4) is 0 Å². The number of phenols is 1. The Balaban J connectivity index is 2.18. The maximum atomic E-state index is 13.4. The van der Waals surface area contributed by atoms with Crippen LogP contribution in [0, 0.1) is 5.92 Å². The molecule has 47 heavy (non-hydrogen) atoms. The summed E-state index contributed by atoms with van der Waals surface area (Å²) in [6, 6.07) is 8.64. The lowest BCUT2D eigenvalue weighted by Gasteiger charge is -2.26. The molecule has 0 aliphatic heterocycles. The Labute approximate surface area is 274 Å². The number of rotatable bonds is 20. The number of hydrogen-bond acceptors (Lipinski definition) is 9. The number of aliphatic hydroxyl groups excluding tert-OH is 1. The van der Waals surface area contributed by atoms with E-state index in [1.165, 1.54) is 12.1 Å². The minimum Gasteiger partial charge on any atom is -0.508 e. The molecule has 14 nitrogen and oxygen atoms in total. The van der Waals surface area contributed by atoms with E-state index in [1.54, 1.807) is 42.5 Å². The summed E-state index contributed by atoms with van der Waals surface area (Å²) >= 11 is 0. The van der Waals surface area contributed by atoms with E-state index in [0.717, 1.165) is 0 Å². The molecule has 0 fully saturated rings. The van der Waals surface area contributed by atoms with Gasteiger partial charge in [0, 0.05) is 12.8 Å². The number of hydrogen-bond donors (Lipinski definition) is 9. The monoisotopic (exact) mass is 656 g/mol. The number of phenolic OH excluding ortho intramolecular Hbond substituents is 1. The van der Waals surface area contributed by atoms with E-state index in [1.807, 2.05) is 13.8 Å². The van der Waals surface area contributed by atoms with Crippen LogP contribution >= 0.6 is 0 Å². The van der Waals surface area contributed by atoms with Gasteiger partial charge in [0.05, 0.1) is 12.6 Å². The molecular formula is C33H48N6O8. The van der Waals surface area contributed by atoms with Gasteiger partial charge in [-0.3, -0.25) is 19.2 Å². The lowest BCUT2D eigenvalue weighted by Crippen LogP contribution is -2.60. The van der Waals surface area contributed by atoms with Crippen molar-refractivity contribution in [3.63, 3.8) is 0 Å². The lowest BCUT2D eigenvalue weighted by molar-refractivity contribution is -0.142. The Morgan fingerprint density at radius 2 is 1.21 bits per heavy atom. The van der Waals surface area contributed by atoms with Crippen molar-refractivity contribution in [2.75, 3.05) is 13.2 Å². The van der Waals surface area contributed by atoms with E-state index in [0.29, 0.717) is 36.9 Å². The second-order valence-electron chi connectivity index (χ2n) is 11.8. The second kappa shape index (κ2) is 19.9. The van der Waals surface area contributed by atoms with Gasteiger partial charge in [-0.15, -0.1) is 0 Å². The van der Waals surface area contributed by atoms with Crippen LogP contribution in [0.5, 0.6) is 5.75 Å². The van der Waals surface area contributed by atoms with Crippen LogP contribution in [0.4, 0.5) is 0 Å². The summed E-state index contributed by atoms with van der Waals surface area (Å²) in [5.74, 6) is -4.35. The normalized spacial score (nSPS) is 14.3. The molecule has 0 aromatic heterocycles. The topological polar surface area (TPSA) is 246 Å². The van der Waals surface area contributed by atoms with Gasteiger partial charge in [0.15, 0.2) is 0 Å². The Morgan fingerprint density at radius 1 is 0.702 bits per heavy atom. The lowest BCUT2D eigenvalue weighted by atomic mass is 10.0. The minimum atomic E-state index is -1.51. The molecule has 11 N–H and O–H groups in total. The first-order valence-corrected chi connectivity index (χ1v) is 15.7. The number of aliphatic carboxylic acids is 1. The van der Waals surface area contributed by atoms with Crippen LogP contribution in [-0.4, -0.2) is 88.3 Å². The van der Waals surface area contributed by atoms with Gasteiger partial charge in [0.25, 0.3) is 0 Å². The van der Waals surface area contributed by atoms with Crippen LogP contribution in [0.15, 0.2) is 54.6 Å². The Bertz CT molecular complexity index is 1310.